The molecule has 5 heteroatoms. The molecule has 0 heterocycles. The van der Waals surface area contributed by atoms with Crippen molar-refractivity contribution in [2.24, 2.45) is 0 Å². The molecule has 0 aliphatic heterocycles. The Hall–Kier alpha value is -2.01. The van der Waals surface area contributed by atoms with Gasteiger partial charge < -0.3 is 15.8 Å². The van der Waals surface area contributed by atoms with Crippen molar-refractivity contribution in [2.75, 3.05) is 12.3 Å². The van der Waals surface area contributed by atoms with Gasteiger partial charge in [0.25, 0.3) is 5.91 Å². The molecule has 1 amide bonds. The van der Waals surface area contributed by atoms with Gasteiger partial charge in [0.05, 0.1) is 12.3 Å². The molecule has 0 spiro atoms. The number of nitrogens with two attached hydrogens (primary N) is 1. The van der Waals surface area contributed by atoms with Gasteiger partial charge in [-0.25, -0.2) is 0 Å². The molecule has 21 heavy (non-hydrogen) atoms. The molecule has 0 aliphatic rings. The van der Waals surface area contributed by atoms with Crippen molar-refractivity contribution in [3.63, 3.8) is 0 Å². The van der Waals surface area contributed by atoms with Crippen molar-refractivity contribution in [3.05, 3.63) is 58.1 Å². The molecular formula is C16H17BrN2O2. The number of carbonyl (C=O) groups excluding carboxylic acids is 1. The highest BCUT2D eigenvalue weighted by Crippen LogP contribution is 2.22. The Bertz CT molecular complexity index is 627. The van der Waals surface area contributed by atoms with Crippen LogP contribution in [0.5, 0.6) is 5.75 Å². The van der Waals surface area contributed by atoms with Crippen LogP contribution in [0.1, 0.15) is 22.8 Å². The first kappa shape index (κ1) is 15.4. The van der Waals surface area contributed by atoms with Crippen LogP contribution in [0.25, 0.3) is 0 Å². The van der Waals surface area contributed by atoms with Crippen molar-refractivity contribution >= 4 is 27.5 Å². The highest BCUT2D eigenvalue weighted by atomic mass is 79.9. The Balaban J connectivity index is 2.00. The van der Waals surface area contributed by atoms with Crippen LogP contribution in [0.4, 0.5) is 5.69 Å². The van der Waals surface area contributed by atoms with Gasteiger partial charge in [-0.15, -0.1) is 0 Å². The van der Waals surface area contributed by atoms with Crippen molar-refractivity contribution in [1.29, 1.82) is 0 Å². The van der Waals surface area contributed by atoms with E-state index in [-0.39, 0.29) is 5.91 Å². The summed E-state index contributed by atoms with van der Waals surface area (Å²) in [5, 5.41) is 2.86. The van der Waals surface area contributed by atoms with Crippen LogP contribution in [0.3, 0.4) is 0 Å². The lowest BCUT2D eigenvalue weighted by molar-refractivity contribution is 0.0951. The number of hydrogen-bond donors (Lipinski definition) is 2. The third kappa shape index (κ3) is 4.23. The molecule has 0 saturated heterocycles. The Morgan fingerprint density at radius 2 is 1.95 bits per heavy atom. The van der Waals surface area contributed by atoms with E-state index in [1.54, 1.807) is 18.2 Å². The summed E-state index contributed by atoms with van der Waals surface area (Å²) in [6.07, 6.45) is 0. The topological polar surface area (TPSA) is 64.3 Å². The quantitative estimate of drug-likeness (QED) is 0.814. The highest BCUT2D eigenvalue weighted by Gasteiger charge is 2.08. The molecule has 110 valence electrons. The van der Waals surface area contributed by atoms with Gasteiger partial charge in [-0.05, 0) is 42.8 Å². The van der Waals surface area contributed by atoms with Crippen molar-refractivity contribution in [2.45, 2.75) is 13.5 Å². The van der Waals surface area contributed by atoms with Crippen molar-refractivity contribution in [1.82, 2.24) is 5.32 Å². The minimum absolute atomic E-state index is 0.160. The van der Waals surface area contributed by atoms with E-state index >= 15 is 0 Å². The number of nitrogen functional groups attached to an aromatic ring is 1. The molecule has 0 fully saturated rings. The number of carbonyl (C=O) groups is 1. The molecule has 0 aromatic heterocycles. The summed E-state index contributed by atoms with van der Waals surface area (Å²) in [7, 11) is 0. The second-order valence-electron chi connectivity index (χ2n) is 4.49. The zero-order chi connectivity index (χ0) is 15.2. The minimum Gasteiger partial charge on any atom is -0.492 e. The van der Waals surface area contributed by atoms with Crippen LogP contribution in [-0.2, 0) is 6.54 Å². The third-order valence-corrected chi connectivity index (χ3v) is 3.47. The maximum absolute atomic E-state index is 12.1. The molecule has 0 radical (unpaired) electrons. The number of benzene rings is 2. The summed E-state index contributed by atoms with van der Waals surface area (Å²) >= 11 is 3.38. The average Bonchev–Trinajstić information content (AvgIpc) is 2.48. The van der Waals surface area contributed by atoms with Crippen LogP contribution in [-0.4, -0.2) is 12.5 Å². The summed E-state index contributed by atoms with van der Waals surface area (Å²) in [5.74, 6) is 0.439. The molecule has 2 rings (SSSR count). The predicted octanol–water partition coefficient (Wildman–Crippen LogP) is 3.36. The fraction of sp³-hybridized carbons (Fsp3) is 0.188. The fourth-order valence-electron chi connectivity index (χ4n) is 1.86. The number of rotatable bonds is 5. The number of halogens is 1. The molecule has 2 aromatic carbocycles. The van der Waals surface area contributed by atoms with E-state index in [2.05, 4.69) is 21.2 Å². The molecule has 2 aromatic rings. The van der Waals surface area contributed by atoms with Gasteiger partial charge in [0.15, 0.2) is 0 Å². The second-order valence-corrected chi connectivity index (χ2v) is 5.41. The first-order valence-electron chi connectivity index (χ1n) is 6.65. The first-order chi connectivity index (χ1) is 10.1. The maximum Gasteiger partial charge on any atom is 0.251 e. The SMILES string of the molecule is CCOc1ccc(C(=O)NCc2ccc(Br)cc2)cc1N. The third-order valence-electron chi connectivity index (χ3n) is 2.94. The Kier molecular flexibility index (Phi) is 5.22. The second kappa shape index (κ2) is 7.13. The predicted molar refractivity (Wildman–Crippen MR) is 87.3 cm³/mol. The largest absolute Gasteiger partial charge is 0.492 e. The van der Waals surface area contributed by atoms with Crippen LogP contribution < -0.4 is 15.8 Å². The summed E-state index contributed by atoms with van der Waals surface area (Å²) in [6.45, 7) is 2.90. The highest BCUT2D eigenvalue weighted by molar-refractivity contribution is 9.10. The standard InChI is InChI=1S/C16H17BrN2O2/c1-2-21-15-8-5-12(9-14(15)18)16(20)19-10-11-3-6-13(17)7-4-11/h3-9H,2,10,18H2,1H3,(H,19,20). The molecule has 0 aliphatic carbocycles. The lowest BCUT2D eigenvalue weighted by Crippen LogP contribution is -2.22. The Morgan fingerprint density at radius 3 is 2.57 bits per heavy atom. The summed E-state index contributed by atoms with van der Waals surface area (Å²) in [5.41, 5.74) is 7.88. The van der Waals surface area contributed by atoms with Crippen LogP contribution in [0.2, 0.25) is 0 Å². The van der Waals surface area contributed by atoms with Gasteiger partial charge in [0, 0.05) is 16.6 Å². The summed E-state index contributed by atoms with van der Waals surface area (Å²) in [4.78, 5) is 12.1. The van der Waals surface area contributed by atoms with E-state index in [4.69, 9.17) is 10.5 Å². The molecule has 0 unspecified atom stereocenters. The number of ether oxygens (including phenoxy) is 1. The normalized spacial score (nSPS) is 10.2. The number of nitrogens with one attached hydrogen (secondary N) is 1. The van der Waals surface area contributed by atoms with Crippen LogP contribution in [0.15, 0.2) is 46.9 Å². The van der Waals surface area contributed by atoms with Crippen LogP contribution in [0, 0.1) is 0 Å². The Morgan fingerprint density at radius 1 is 1.24 bits per heavy atom. The maximum atomic E-state index is 12.1. The smallest absolute Gasteiger partial charge is 0.251 e. The lowest BCUT2D eigenvalue weighted by atomic mass is 10.1. The fourth-order valence-corrected chi connectivity index (χ4v) is 2.13. The summed E-state index contributed by atoms with van der Waals surface area (Å²) in [6, 6.07) is 12.8. The van der Waals surface area contributed by atoms with E-state index in [1.165, 1.54) is 0 Å². The average molecular weight is 349 g/mol. The number of amides is 1. The van der Waals surface area contributed by atoms with E-state index in [9.17, 15) is 4.79 Å². The molecule has 0 atom stereocenters. The van der Waals surface area contributed by atoms with Gasteiger partial charge >= 0.3 is 0 Å². The summed E-state index contributed by atoms with van der Waals surface area (Å²) < 4.78 is 6.36. The zero-order valence-corrected chi connectivity index (χ0v) is 13.3. The van der Waals surface area contributed by atoms with Crippen LogP contribution >= 0.6 is 15.9 Å². The van der Waals surface area contributed by atoms with Gasteiger partial charge in [-0.3, -0.25) is 4.79 Å². The van der Waals surface area contributed by atoms with Gasteiger partial charge in [0.2, 0.25) is 0 Å². The van der Waals surface area contributed by atoms with Gasteiger partial charge in [-0.2, -0.15) is 0 Å². The zero-order valence-electron chi connectivity index (χ0n) is 11.7. The number of hydrogen-bond acceptors (Lipinski definition) is 3. The molecule has 0 bridgehead atoms. The Labute approximate surface area is 132 Å². The van der Waals surface area contributed by atoms with E-state index in [0.717, 1.165) is 10.0 Å². The molecule has 3 N–H and O–H groups in total. The van der Waals surface area contributed by atoms with Gasteiger partial charge in [-0.1, -0.05) is 28.1 Å². The molecular weight excluding hydrogens is 332 g/mol. The minimum atomic E-state index is -0.160. The van der Waals surface area contributed by atoms with Crippen molar-refractivity contribution in [3.8, 4) is 5.75 Å². The lowest BCUT2D eigenvalue weighted by Gasteiger charge is -2.09. The van der Waals surface area contributed by atoms with Gasteiger partial charge in [0.1, 0.15) is 5.75 Å². The monoisotopic (exact) mass is 348 g/mol. The number of anilines is 1. The first-order valence-corrected chi connectivity index (χ1v) is 7.44. The van der Waals surface area contributed by atoms with E-state index in [1.807, 2.05) is 31.2 Å². The van der Waals surface area contributed by atoms with E-state index < -0.39 is 0 Å². The van der Waals surface area contributed by atoms with E-state index in [0.29, 0.717) is 30.2 Å². The molecule has 0 saturated carbocycles. The molecule has 4 nitrogen and oxygen atoms in total. The van der Waals surface area contributed by atoms with Crippen molar-refractivity contribution < 1.29 is 9.53 Å².